The average molecular weight is 377 g/mol. The standard InChI is InChI=1S/C17H19N3O5S/c1-3-19(4-2)26(24,25)16-10-8-14(9-11-16)18-17(21)13-6-5-7-15(12-13)20(22)23/h5-12H,3-4H2,1-2H3,(H,18,21). The summed E-state index contributed by atoms with van der Waals surface area (Å²) in [4.78, 5) is 22.5. The van der Waals surface area contributed by atoms with Crippen LogP contribution < -0.4 is 5.32 Å². The summed E-state index contributed by atoms with van der Waals surface area (Å²) in [6.07, 6.45) is 0. The van der Waals surface area contributed by atoms with Gasteiger partial charge in [-0.2, -0.15) is 4.31 Å². The van der Waals surface area contributed by atoms with Crippen molar-refractivity contribution in [2.75, 3.05) is 18.4 Å². The fourth-order valence-electron chi connectivity index (χ4n) is 2.39. The Morgan fingerprint density at radius 1 is 1.12 bits per heavy atom. The third-order valence-corrected chi connectivity index (χ3v) is 5.84. The van der Waals surface area contributed by atoms with Gasteiger partial charge in [-0.05, 0) is 30.3 Å². The lowest BCUT2D eigenvalue weighted by Gasteiger charge is -2.18. The lowest BCUT2D eigenvalue weighted by molar-refractivity contribution is -0.384. The van der Waals surface area contributed by atoms with Crippen molar-refractivity contribution >= 4 is 27.3 Å². The number of nitro groups is 1. The van der Waals surface area contributed by atoms with Crippen LogP contribution in [0.15, 0.2) is 53.4 Å². The first-order valence-corrected chi connectivity index (χ1v) is 9.39. The van der Waals surface area contributed by atoms with Crippen LogP contribution in [0.2, 0.25) is 0 Å². The van der Waals surface area contributed by atoms with Gasteiger partial charge in [0, 0.05) is 36.5 Å². The van der Waals surface area contributed by atoms with Gasteiger partial charge in [0.1, 0.15) is 0 Å². The van der Waals surface area contributed by atoms with Crippen molar-refractivity contribution in [2.45, 2.75) is 18.7 Å². The van der Waals surface area contributed by atoms with Gasteiger partial charge in [-0.1, -0.05) is 19.9 Å². The Bertz CT molecular complexity index is 906. The van der Waals surface area contributed by atoms with Gasteiger partial charge in [-0.25, -0.2) is 8.42 Å². The van der Waals surface area contributed by atoms with E-state index in [2.05, 4.69) is 5.32 Å². The van der Waals surface area contributed by atoms with Crippen LogP contribution >= 0.6 is 0 Å². The Labute approximate surface area is 151 Å². The quantitative estimate of drug-likeness (QED) is 0.589. The van der Waals surface area contributed by atoms with Gasteiger partial charge in [0.2, 0.25) is 10.0 Å². The monoisotopic (exact) mass is 377 g/mol. The van der Waals surface area contributed by atoms with E-state index in [-0.39, 0.29) is 16.1 Å². The lowest BCUT2D eigenvalue weighted by atomic mass is 10.2. The summed E-state index contributed by atoms with van der Waals surface area (Å²) in [5.41, 5.74) is 0.345. The van der Waals surface area contributed by atoms with Crippen molar-refractivity contribution in [2.24, 2.45) is 0 Å². The first kappa shape index (κ1) is 19.5. The van der Waals surface area contributed by atoms with E-state index in [1.165, 1.54) is 52.8 Å². The molecular formula is C17H19N3O5S. The average Bonchev–Trinajstić information content (AvgIpc) is 2.63. The number of carbonyl (C=O) groups excluding carboxylic acids is 1. The summed E-state index contributed by atoms with van der Waals surface area (Å²) >= 11 is 0. The van der Waals surface area contributed by atoms with Crippen LogP contribution in [0.3, 0.4) is 0 Å². The molecule has 1 N–H and O–H groups in total. The molecule has 0 aliphatic carbocycles. The summed E-state index contributed by atoms with van der Waals surface area (Å²) in [5.74, 6) is -0.520. The molecule has 0 aliphatic rings. The number of amides is 1. The highest BCUT2D eigenvalue weighted by atomic mass is 32.2. The van der Waals surface area contributed by atoms with E-state index in [0.29, 0.717) is 18.8 Å². The normalized spacial score (nSPS) is 11.3. The molecule has 2 aromatic rings. The smallest absolute Gasteiger partial charge is 0.270 e. The van der Waals surface area contributed by atoms with Crippen molar-refractivity contribution in [1.82, 2.24) is 4.31 Å². The van der Waals surface area contributed by atoms with E-state index in [1.54, 1.807) is 13.8 Å². The van der Waals surface area contributed by atoms with Crippen molar-refractivity contribution in [3.63, 3.8) is 0 Å². The molecule has 138 valence electrons. The molecule has 0 aromatic heterocycles. The molecule has 26 heavy (non-hydrogen) atoms. The molecular weight excluding hydrogens is 358 g/mol. The third kappa shape index (κ3) is 4.24. The Morgan fingerprint density at radius 2 is 1.73 bits per heavy atom. The van der Waals surface area contributed by atoms with Gasteiger partial charge in [-0.3, -0.25) is 14.9 Å². The number of nitrogens with zero attached hydrogens (tertiary/aromatic N) is 2. The number of benzene rings is 2. The molecule has 0 heterocycles. The number of nitrogens with one attached hydrogen (secondary N) is 1. The molecule has 2 rings (SSSR count). The number of non-ortho nitro benzene ring substituents is 1. The molecule has 0 atom stereocenters. The van der Waals surface area contributed by atoms with Crippen LogP contribution in [-0.4, -0.2) is 36.6 Å². The summed E-state index contributed by atoms with van der Waals surface area (Å²) in [7, 11) is -3.57. The third-order valence-electron chi connectivity index (χ3n) is 3.77. The highest BCUT2D eigenvalue weighted by Gasteiger charge is 2.21. The van der Waals surface area contributed by atoms with E-state index in [9.17, 15) is 23.3 Å². The predicted octanol–water partition coefficient (Wildman–Crippen LogP) is 2.88. The minimum absolute atomic E-state index is 0.134. The molecule has 9 heteroatoms. The van der Waals surface area contributed by atoms with Crippen LogP contribution in [0.25, 0.3) is 0 Å². The molecule has 0 saturated carbocycles. The topological polar surface area (TPSA) is 110 Å². The molecule has 0 bridgehead atoms. The highest BCUT2D eigenvalue weighted by Crippen LogP contribution is 2.19. The summed E-state index contributed by atoms with van der Waals surface area (Å²) in [5, 5.41) is 13.4. The number of rotatable bonds is 7. The second-order valence-corrected chi connectivity index (χ2v) is 7.31. The first-order valence-electron chi connectivity index (χ1n) is 7.95. The maximum absolute atomic E-state index is 12.4. The maximum Gasteiger partial charge on any atom is 0.270 e. The van der Waals surface area contributed by atoms with Crippen molar-refractivity contribution in [1.29, 1.82) is 0 Å². The number of nitro benzene ring substituents is 1. The summed E-state index contributed by atoms with van der Waals surface area (Å²) in [6, 6.07) is 11.1. The molecule has 2 aromatic carbocycles. The minimum Gasteiger partial charge on any atom is -0.322 e. The molecule has 0 fully saturated rings. The molecule has 0 aliphatic heterocycles. The van der Waals surface area contributed by atoms with Crippen LogP contribution in [0.4, 0.5) is 11.4 Å². The second-order valence-electron chi connectivity index (χ2n) is 5.38. The number of hydrogen-bond acceptors (Lipinski definition) is 5. The van der Waals surface area contributed by atoms with E-state index < -0.39 is 20.9 Å². The molecule has 8 nitrogen and oxygen atoms in total. The Morgan fingerprint density at radius 3 is 2.27 bits per heavy atom. The maximum atomic E-state index is 12.4. The van der Waals surface area contributed by atoms with Gasteiger partial charge in [0.15, 0.2) is 0 Å². The number of hydrogen-bond donors (Lipinski definition) is 1. The fourth-order valence-corrected chi connectivity index (χ4v) is 3.84. The zero-order valence-electron chi connectivity index (χ0n) is 14.4. The van der Waals surface area contributed by atoms with Crippen LogP contribution in [0, 0.1) is 10.1 Å². The summed E-state index contributed by atoms with van der Waals surface area (Å²) < 4.78 is 26.2. The number of sulfonamides is 1. The number of anilines is 1. The lowest BCUT2D eigenvalue weighted by Crippen LogP contribution is -2.30. The highest BCUT2D eigenvalue weighted by molar-refractivity contribution is 7.89. The Kier molecular flexibility index (Phi) is 6.06. The molecule has 0 saturated heterocycles. The molecule has 0 spiro atoms. The van der Waals surface area contributed by atoms with E-state index in [4.69, 9.17) is 0 Å². The minimum atomic E-state index is -3.57. The van der Waals surface area contributed by atoms with Crippen LogP contribution in [0.1, 0.15) is 24.2 Å². The largest absolute Gasteiger partial charge is 0.322 e. The van der Waals surface area contributed by atoms with E-state index in [1.807, 2.05) is 0 Å². The zero-order valence-corrected chi connectivity index (χ0v) is 15.2. The van der Waals surface area contributed by atoms with Gasteiger partial charge < -0.3 is 5.32 Å². The first-order chi connectivity index (χ1) is 12.3. The van der Waals surface area contributed by atoms with Crippen molar-refractivity contribution in [3.8, 4) is 0 Å². The van der Waals surface area contributed by atoms with Gasteiger partial charge in [-0.15, -0.1) is 0 Å². The van der Waals surface area contributed by atoms with Crippen molar-refractivity contribution < 1.29 is 18.1 Å². The van der Waals surface area contributed by atoms with Gasteiger partial charge in [0.25, 0.3) is 11.6 Å². The summed E-state index contributed by atoms with van der Waals surface area (Å²) in [6.45, 7) is 4.25. The van der Waals surface area contributed by atoms with Crippen molar-refractivity contribution in [3.05, 3.63) is 64.2 Å². The zero-order chi connectivity index (χ0) is 19.3. The SMILES string of the molecule is CCN(CC)S(=O)(=O)c1ccc(NC(=O)c2cccc([N+](=O)[O-])c2)cc1. The molecule has 0 radical (unpaired) electrons. The van der Waals surface area contributed by atoms with Crippen LogP contribution in [0.5, 0.6) is 0 Å². The molecule has 1 amide bonds. The Balaban J connectivity index is 2.18. The van der Waals surface area contributed by atoms with E-state index >= 15 is 0 Å². The second kappa shape index (κ2) is 8.07. The number of carbonyl (C=O) groups is 1. The predicted molar refractivity (Wildman–Crippen MR) is 97.6 cm³/mol. The van der Waals surface area contributed by atoms with Crippen LogP contribution in [-0.2, 0) is 10.0 Å². The van der Waals surface area contributed by atoms with Gasteiger partial charge >= 0.3 is 0 Å². The Hall–Kier alpha value is -2.78. The fraction of sp³-hybridized carbons (Fsp3) is 0.235. The molecule has 0 unspecified atom stereocenters. The van der Waals surface area contributed by atoms with Gasteiger partial charge in [0.05, 0.1) is 9.82 Å². The van der Waals surface area contributed by atoms with E-state index in [0.717, 1.165) is 0 Å².